The van der Waals surface area contributed by atoms with Gasteiger partial charge in [0.15, 0.2) is 5.67 Å². The Morgan fingerprint density at radius 3 is 2.37 bits per heavy atom. The molecule has 0 radical (unpaired) electrons. The summed E-state index contributed by atoms with van der Waals surface area (Å²) in [6, 6.07) is 16.0. The summed E-state index contributed by atoms with van der Waals surface area (Å²) in [6.45, 7) is 2.35. The average Bonchev–Trinajstić information content (AvgIpc) is 2.48. The molecule has 1 atom stereocenters. The van der Waals surface area contributed by atoms with E-state index in [1.807, 2.05) is 31.2 Å². The van der Waals surface area contributed by atoms with Gasteiger partial charge in [-0.25, -0.2) is 4.39 Å². The highest BCUT2D eigenvalue weighted by molar-refractivity contribution is 5.40. The molecule has 3 heteroatoms. The van der Waals surface area contributed by atoms with Crippen molar-refractivity contribution in [3.8, 4) is 5.75 Å². The molecule has 0 heterocycles. The van der Waals surface area contributed by atoms with E-state index in [9.17, 15) is 0 Å². The summed E-state index contributed by atoms with van der Waals surface area (Å²) in [5.74, 6) is 0.659. The van der Waals surface area contributed by atoms with E-state index in [4.69, 9.17) is 10.5 Å². The molecule has 0 saturated carbocycles. The van der Waals surface area contributed by atoms with Crippen LogP contribution in [-0.2, 0) is 5.67 Å². The maximum Gasteiger partial charge on any atom is 0.173 e. The lowest BCUT2D eigenvalue weighted by Gasteiger charge is -2.25. The van der Waals surface area contributed by atoms with E-state index in [0.717, 1.165) is 0 Å². The van der Waals surface area contributed by atoms with Crippen molar-refractivity contribution in [2.45, 2.75) is 12.6 Å². The van der Waals surface area contributed by atoms with E-state index >= 15 is 4.39 Å². The number of rotatable bonds is 5. The van der Waals surface area contributed by atoms with Gasteiger partial charge in [0.25, 0.3) is 0 Å². The van der Waals surface area contributed by atoms with Gasteiger partial charge in [-0.2, -0.15) is 0 Å². The fraction of sp³-hybridized carbons (Fsp3) is 0.250. The van der Waals surface area contributed by atoms with Gasteiger partial charge < -0.3 is 10.5 Å². The van der Waals surface area contributed by atoms with E-state index in [-0.39, 0.29) is 6.54 Å². The largest absolute Gasteiger partial charge is 0.494 e. The van der Waals surface area contributed by atoms with Gasteiger partial charge in [0.05, 0.1) is 6.61 Å². The maximum atomic E-state index is 15.2. The van der Waals surface area contributed by atoms with E-state index in [1.165, 1.54) is 0 Å². The molecule has 2 aromatic carbocycles. The molecule has 0 fully saturated rings. The fourth-order valence-corrected chi connectivity index (χ4v) is 2.10. The Bertz CT molecular complexity index is 529. The highest BCUT2D eigenvalue weighted by atomic mass is 19.1. The molecule has 0 amide bonds. The van der Waals surface area contributed by atoms with Crippen LogP contribution >= 0.6 is 0 Å². The summed E-state index contributed by atoms with van der Waals surface area (Å²) in [5, 5.41) is 0. The third kappa shape index (κ3) is 2.76. The second-order valence-electron chi connectivity index (χ2n) is 4.33. The zero-order valence-corrected chi connectivity index (χ0v) is 11.0. The van der Waals surface area contributed by atoms with Gasteiger partial charge in [0.1, 0.15) is 5.75 Å². The lowest BCUT2D eigenvalue weighted by atomic mass is 9.88. The minimum absolute atomic E-state index is 0.105. The van der Waals surface area contributed by atoms with E-state index in [0.29, 0.717) is 23.5 Å². The third-order valence-corrected chi connectivity index (χ3v) is 3.12. The first-order chi connectivity index (χ1) is 9.20. The Balaban J connectivity index is 2.44. The van der Waals surface area contributed by atoms with Gasteiger partial charge in [0, 0.05) is 6.54 Å². The summed E-state index contributed by atoms with van der Waals surface area (Å²) < 4.78 is 20.6. The number of halogens is 1. The average molecular weight is 259 g/mol. The van der Waals surface area contributed by atoms with E-state index in [1.54, 1.807) is 30.3 Å². The van der Waals surface area contributed by atoms with Crippen LogP contribution in [0.15, 0.2) is 54.6 Å². The molecule has 19 heavy (non-hydrogen) atoms. The quantitative estimate of drug-likeness (QED) is 0.894. The van der Waals surface area contributed by atoms with Gasteiger partial charge in [-0.05, 0) is 30.2 Å². The molecule has 0 saturated heterocycles. The first kappa shape index (κ1) is 13.6. The number of alkyl halides is 1. The number of hydrogen-bond acceptors (Lipinski definition) is 2. The van der Waals surface area contributed by atoms with Gasteiger partial charge >= 0.3 is 0 Å². The molecule has 0 aliphatic heterocycles. The van der Waals surface area contributed by atoms with Crippen LogP contribution in [0.1, 0.15) is 18.1 Å². The lowest BCUT2D eigenvalue weighted by Crippen LogP contribution is -2.31. The molecular weight excluding hydrogens is 241 g/mol. The van der Waals surface area contributed by atoms with Crippen LogP contribution in [0, 0.1) is 0 Å². The Morgan fingerprint density at radius 2 is 1.74 bits per heavy atom. The van der Waals surface area contributed by atoms with Gasteiger partial charge in [0.2, 0.25) is 0 Å². The van der Waals surface area contributed by atoms with Crippen LogP contribution in [0.4, 0.5) is 4.39 Å². The van der Waals surface area contributed by atoms with Crippen LogP contribution < -0.4 is 10.5 Å². The number of hydrogen-bond donors (Lipinski definition) is 1. The van der Waals surface area contributed by atoms with Crippen molar-refractivity contribution in [2.24, 2.45) is 5.73 Å². The summed E-state index contributed by atoms with van der Waals surface area (Å²) in [6.07, 6.45) is 0. The third-order valence-electron chi connectivity index (χ3n) is 3.12. The Morgan fingerprint density at radius 1 is 1.05 bits per heavy atom. The van der Waals surface area contributed by atoms with Crippen molar-refractivity contribution in [3.63, 3.8) is 0 Å². The van der Waals surface area contributed by atoms with E-state index in [2.05, 4.69) is 0 Å². The molecule has 0 aromatic heterocycles. The van der Waals surface area contributed by atoms with Crippen molar-refractivity contribution in [2.75, 3.05) is 13.2 Å². The van der Waals surface area contributed by atoms with Crippen molar-refractivity contribution >= 4 is 0 Å². The normalized spacial score (nSPS) is 13.8. The summed E-state index contributed by atoms with van der Waals surface area (Å²) in [4.78, 5) is 0. The zero-order valence-electron chi connectivity index (χ0n) is 11.0. The molecule has 0 spiro atoms. The second kappa shape index (κ2) is 5.85. The monoisotopic (exact) mass is 259 g/mol. The molecule has 2 N–H and O–H groups in total. The molecular formula is C16H18FNO. The van der Waals surface area contributed by atoms with Crippen LogP contribution in [-0.4, -0.2) is 13.2 Å². The SMILES string of the molecule is CCOc1cccc(C(F)(CN)c2ccccc2)c1. The minimum Gasteiger partial charge on any atom is -0.494 e. The summed E-state index contributed by atoms with van der Waals surface area (Å²) >= 11 is 0. The van der Waals surface area contributed by atoms with Crippen molar-refractivity contribution in [1.82, 2.24) is 0 Å². The molecule has 0 bridgehead atoms. The van der Waals surface area contributed by atoms with Gasteiger partial charge in [-0.1, -0.05) is 42.5 Å². The molecule has 2 aromatic rings. The smallest absolute Gasteiger partial charge is 0.173 e. The van der Waals surface area contributed by atoms with Crippen molar-refractivity contribution in [3.05, 3.63) is 65.7 Å². The topological polar surface area (TPSA) is 35.2 Å². The Labute approximate surface area is 113 Å². The Kier molecular flexibility index (Phi) is 4.17. The standard InChI is InChI=1S/C16H18FNO/c1-2-19-15-10-6-9-14(11-15)16(17,12-18)13-7-4-3-5-8-13/h3-11H,2,12,18H2,1H3. The van der Waals surface area contributed by atoms with Crippen molar-refractivity contribution in [1.29, 1.82) is 0 Å². The second-order valence-corrected chi connectivity index (χ2v) is 4.33. The Hall–Kier alpha value is -1.87. The fourth-order valence-electron chi connectivity index (χ4n) is 2.10. The highest BCUT2D eigenvalue weighted by Crippen LogP contribution is 2.34. The summed E-state index contributed by atoms with van der Waals surface area (Å²) in [7, 11) is 0. The maximum absolute atomic E-state index is 15.2. The predicted molar refractivity (Wildman–Crippen MR) is 75.0 cm³/mol. The van der Waals surface area contributed by atoms with E-state index < -0.39 is 5.67 Å². The zero-order chi connectivity index (χ0) is 13.7. The van der Waals surface area contributed by atoms with Crippen LogP contribution in [0.2, 0.25) is 0 Å². The minimum atomic E-state index is -1.69. The molecule has 100 valence electrons. The number of nitrogens with two attached hydrogens (primary N) is 1. The van der Waals surface area contributed by atoms with Gasteiger partial charge in [-0.3, -0.25) is 0 Å². The predicted octanol–water partition coefficient (Wildman–Crippen LogP) is 3.26. The van der Waals surface area contributed by atoms with Crippen LogP contribution in [0.25, 0.3) is 0 Å². The highest BCUT2D eigenvalue weighted by Gasteiger charge is 2.32. The first-order valence-corrected chi connectivity index (χ1v) is 6.38. The lowest BCUT2D eigenvalue weighted by molar-refractivity contribution is 0.231. The van der Waals surface area contributed by atoms with Gasteiger partial charge in [-0.15, -0.1) is 0 Å². The first-order valence-electron chi connectivity index (χ1n) is 6.38. The molecule has 1 unspecified atom stereocenters. The molecule has 2 rings (SSSR count). The van der Waals surface area contributed by atoms with Crippen molar-refractivity contribution < 1.29 is 9.13 Å². The molecule has 2 nitrogen and oxygen atoms in total. The number of ether oxygens (including phenoxy) is 1. The number of benzene rings is 2. The summed E-state index contributed by atoms with van der Waals surface area (Å²) in [5.41, 5.74) is 5.07. The van der Waals surface area contributed by atoms with Crippen LogP contribution in [0.3, 0.4) is 0 Å². The van der Waals surface area contributed by atoms with Crippen LogP contribution in [0.5, 0.6) is 5.75 Å². The molecule has 0 aliphatic carbocycles. The molecule has 0 aliphatic rings.